The highest BCUT2D eigenvalue weighted by Crippen LogP contribution is 2.12. The quantitative estimate of drug-likeness (QED) is 0.503. The standard InChI is InChI=1S/C10H7NO2/c1-7(13)9-4-2-3-8(5-11)10(9)6-12/h2-4,6H,1H3. The molecule has 0 amide bonds. The van der Waals surface area contributed by atoms with Crippen LogP contribution in [0.5, 0.6) is 0 Å². The second kappa shape index (κ2) is 3.63. The Kier molecular flexibility index (Phi) is 2.56. The number of carbonyl (C=O) groups excluding carboxylic acids is 2. The maximum atomic E-state index is 11.0. The van der Waals surface area contributed by atoms with E-state index in [0.717, 1.165) is 0 Å². The lowest BCUT2D eigenvalue weighted by Crippen LogP contribution is -2.00. The Hall–Kier alpha value is -1.95. The Morgan fingerprint density at radius 3 is 2.69 bits per heavy atom. The third-order valence-electron chi connectivity index (χ3n) is 1.72. The summed E-state index contributed by atoms with van der Waals surface area (Å²) in [5, 5.41) is 8.64. The van der Waals surface area contributed by atoms with Gasteiger partial charge in [0, 0.05) is 11.1 Å². The van der Waals surface area contributed by atoms with E-state index in [1.165, 1.54) is 19.1 Å². The molecule has 13 heavy (non-hydrogen) atoms. The molecule has 64 valence electrons. The summed E-state index contributed by atoms with van der Waals surface area (Å²) in [6, 6.07) is 6.49. The van der Waals surface area contributed by atoms with Crippen LogP contribution in [0.25, 0.3) is 0 Å². The number of benzene rings is 1. The molecule has 1 aromatic rings. The monoisotopic (exact) mass is 173 g/mol. The van der Waals surface area contributed by atoms with Crippen molar-refractivity contribution in [1.82, 2.24) is 0 Å². The van der Waals surface area contributed by atoms with Gasteiger partial charge in [-0.25, -0.2) is 0 Å². The number of nitrogens with zero attached hydrogens (tertiary/aromatic N) is 1. The first kappa shape index (κ1) is 9.14. The van der Waals surface area contributed by atoms with E-state index in [0.29, 0.717) is 11.8 Å². The Labute approximate surface area is 75.6 Å². The molecule has 0 aliphatic rings. The normalized spacial score (nSPS) is 8.92. The van der Waals surface area contributed by atoms with Gasteiger partial charge in [-0.2, -0.15) is 5.26 Å². The molecule has 0 bridgehead atoms. The van der Waals surface area contributed by atoms with E-state index in [1.807, 2.05) is 6.07 Å². The van der Waals surface area contributed by atoms with Crippen LogP contribution in [0.3, 0.4) is 0 Å². The number of hydrogen-bond acceptors (Lipinski definition) is 3. The van der Waals surface area contributed by atoms with Crippen LogP contribution in [-0.2, 0) is 0 Å². The van der Waals surface area contributed by atoms with Crippen molar-refractivity contribution >= 4 is 12.1 Å². The molecule has 0 heterocycles. The van der Waals surface area contributed by atoms with E-state index in [-0.39, 0.29) is 16.9 Å². The first-order valence-electron chi connectivity index (χ1n) is 3.70. The molecular formula is C10H7NO2. The topological polar surface area (TPSA) is 57.9 Å². The zero-order valence-corrected chi connectivity index (χ0v) is 7.07. The minimum atomic E-state index is -0.209. The van der Waals surface area contributed by atoms with E-state index in [4.69, 9.17) is 5.26 Å². The molecule has 0 aromatic heterocycles. The number of aldehydes is 1. The summed E-state index contributed by atoms with van der Waals surface area (Å²) in [7, 11) is 0. The fourth-order valence-electron chi connectivity index (χ4n) is 1.10. The highest BCUT2D eigenvalue weighted by molar-refractivity contribution is 6.02. The van der Waals surface area contributed by atoms with E-state index >= 15 is 0 Å². The molecule has 0 aliphatic carbocycles. The maximum absolute atomic E-state index is 11.0. The summed E-state index contributed by atoms with van der Waals surface area (Å²) in [4.78, 5) is 21.6. The highest BCUT2D eigenvalue weighted by Gasteiger charge is 2.09. The molecule has 0 N–H and O–H groups in total. The number of carbonyl (C=O) groups is 2. The van der Waals surface area contributed by atoms with Gasteiger partial charge in [0.25, 0.3) is 0 Å². The molecule has 0 aliphatic heterocycles. The fourth-order valence-corrected chi connectivity index (χ4v) is 1.10. The van der Waals surface area contributed by atoms with Crippen molar-refractivity contribution in [2.75, 3.05) is 0 Å². The molecule has 0 spiro atoms. The van der Waals surface area contributed by atoms with Crippen LogP contribution in [0.1, 0.15) is 33.2 Å². The van der Waals surface area contributed by atoms with Crippen molar-refractivity contribution in [1.29, 1.82) is 5.26 Å². The molecule has 3 heteroatoms. The lowest BCUT2D eigenvalue weighted by atomic mass is 10.0. The number of Topliss-reactive ketones (excluding diaryl/α,β-unsaturated/α-hetero) is 1. The Balaban J connectivity index is 3.46. The molecule has 0 fully saturated rings. The smallest absolute Gasteiger partial charge is 0.160 e. The number of hydrogen-bond donors (Lipinski definition) is 0. The molecule has 0 unspecified atom stereocenters. The van der Waals surface area contributed by atoms with Crippen molar-refractivity contribution in [2.24, 2.45) is 0 Å². The average molecular weight is 173 g/mol. The van der Waals surface area contributed by atoms with Crippen LogP contribution >= 0.6 is 0 Å². The Morgan fingerprint density at radius 1 is 1.54 bits per heavy atom. The second-order valence-corrected chi connectivity index (χ2v) is 2.55. The van der Waals surface area contributed by atoms with E-state index in [9.17, 15) is 9.59 Å². The average Bonchev–Trinajstić information content (AvgIpc) is 2.16. The summed E-state index contributed by atoms with van der Waals surface area (Å²) < 4.78 is 0. The van der Waals surface area contributed by atoms with Crippen LogP contribution < -0.4 is 0 Å². The maximum Gasteiger partial charge on any atom is 0.160 e. The minimum absolute atomic E-state index is 0.178. The lowest BCUT2D eigenvalue weighted by Gasteiger charge is -2.00. The second-order valence-electron chi connectivity index (χ2n) is 2.55. The van der Waals surface area contributed by atoms with Crippen molar-refractivity contribution in [3.05, 3.63) is 34.9 Å². The number of nitriles is 1. The van der Waals surface area contributed by atoms with E-state index in [1.54, 1.807) is 6.07 Å². The van der Waals surface area contributed by atoms with Gasteiger partial charge < -0.3 is 0 Å². The molecule has 1 rings (SSSR count). The van der Waals surface area contributed by atoms with Crippen molar-refractivity contribution in [3.8, 4) is 6.07 Å². The van der Waals surface area contributed by atoms with Crippen LogP contribution in [0.4, 0.5) is 0 Å². The first-order valence-corrected chi connectivity index (χ1v) is 3.70. The van der Waals surface area contributed by atoms with Gasteiger partial charge in [0.2, 0.25) is 0 Å². The molecule has 0 saturated heterocycles. The predicted molar refractivity (Wildman–Crippen MR) is 46.5 cm³/mol. The summed E-state index contributed by atoms with van der Waals surface area (Å²) >= 11 is 0. The summed E-state index contributed by atoms with van der Waals surface area (Å²) in [6.45, 7) is 1.36. The Bertz CT molecular complexity index is 402. The van der Waals surface area contributed by atoms with Crippen LogP contribution in [-0.4, -0.2) is 12.1 Å². The molecular weight excluding hydrogens is 166 g/mol. The number of rotatable bonds is 2. The zero-order valence-electron chi connectivity index (χ0n) is 7.07. The SMILES string of the molecule is CC(=O)c1cccc(C#N)c1C=O. The van der Waals surface area contributed by atoms with Crippen molar-refractivity contribution in [3.63, 3.8) is 0 Å². The summed E-state index contributed by atoms with van der Waals surface area (Å²) in [5.74, 6) is -0.209. The van der Waals surface area contributed by atoms with E-state index in [2.05, 4.69) is 0 Å². The van der Waals surface area contributed by atoms with Gasteiger partial charge in [0.1, 0.15) is 0 Å². The molecule has 3 nitrogen and oxygen atoms in total. The van der Waals surface area contributed by atoms with Gasteiger partial charge in [0.05, 0.1) is 11.6 Å². The largest absolute Gasteiger partial charge is 0.298 e. The van der Waals surface area contributed by atoms with Crippen LogP contribution in [0.2, 0.25) is 0 Å². The van der Waals surface area contributed by atoms with Gasteiger partial charge in [-0.15, -0.1) is 0 Å². The lowest BCUT2D eigenvalue weighted by molar-refractivity contribution is 0.100. The van der Waals surface area contributed by atoms with E-state index < -0.39 is 0 Å². The van der Waals surface area contributed by atoms with Gasteiger partial charge in [-0.05, 0) is 13.0 Å². The molecule has 1 aromatic carbocycles. The van der Waals surface area contributed by atoms with Gasteiger partial charge >= 0.3 is 0 Å². The van der Waals surface area contributed by atoms with Crippen LogP contribution in [0, 0.1) is 11.3 Å². The third-order valence-corrected chi connectivity index (χ3v) is 1.72. The third kappa shape index (κ3) is 1.62. The Morgan fingerprint density at radius 2 is 2.23 bits per heavy atom. The van der Waals surface area contributed by atoms with Gasteiger partial charge in [0.15, 0.2) is 12.1 Å². The zero-order chi connectivity index (χ0) is 9.84. The first-order chi connectivity index (χ1) is 6.20. The molecule has 0 saturated carbocycles. The summed E-state index contributed by atoms with van der Waals surface area (Å²) in [6.07, 6.45) is 0.537. The number of ketones is 1. The van der Waals surface area contributed by atoms with Gasteiger partial charge in [-0.1, -0.05) is 12.1 Å². The van der Waals surface area contributed by atoms with Gasteiger partial charge in [-0.3, -0.25) is 9.59 Å². The highest BCUT2D eigenvalue weighted by atomic mass is 16.1. The molecule has 0 radical (unpaired) electrons. The summed E-state index contributed by atoms with van der Waals surface area (Å²) in [5.41, 5.74) is 0.717. The van der Waals surface area contributed by atoms with Crippen LogP contribution in [0.15, 0.2) is 18.2 Å². The van der Waals surface area contributed by atoms with Crippen molar-refractivity contribution in [2.45, 2.75) is 6.92 Å². The fraction of sp³-hybridized carbons (Fsp3) is 0.100. The minimum Gasteiger partial charge on any atom is -0.298 e. The molecule has 0 atom stereocenters. The van der Waals surface area contributed by atoms with Crippen molar-refractivity contribution < 1.29 is 9.59 Å². The predicted octanol–water partition coefficient (Wildman–Crippen LogP) is 1.57.